The standard InChI is InChI=1S/C15H17N3O3S.ClH/c16-15-18-11-6-3-9(7-12(11)22-15)13(19)17-10-4-1-8(2-5-10)14(20)21;/h3,6-8,10H,1-2,4-5H2,(H2,16,18)(H,17,19)(H,20,21);1H. The number of aromatic nitrogens is 1. The van der Waals surface area contributed by atoms with Gasteiger partial charge in [-0.25, -0.2) is 4.98 Å². The van der Waals surface area contributed by atoms with Gasteiger partial charge in [-0.1, -0.05) is 11.3 Å². The predicted octanol–water partition coefficient (Wildman–Crippen LogP) is 2.67. The smallest absolute Gasteiger partial charge is 0.306 e. The maximum absolute atomic E-state index is 12.3. The Labute approximate surface area is 143 Å². The van der Waals surface area contributed by atoms with Crippen LogP contribution in [0.5, 0.6) is 0 Å². The minimum Gasteiger partial charge on any atom is -0.481 e. The maximum atomic E-state index is 12.3. The number of carboxylic acid groups (broad SMARTS) is 1. The first kappa shape index (κ1) is 17.5. The van der Waals surface area contributed by atoms with Crippen LogP contribution in [0.1, 0.15) is 36.0 Å². The number of thiazole rings is 1. The number of fused-ring (bicyclic) bond motifs is 1. The third-order valence-corrected chi connectivity index (χ3v) is 4.93. The van der Waals surface area contributed by atoms with Gasteiger partial charge in [0.1, 0.15) is 0 Å². The molecule has 1 amide bonds. The van der Waals surface area contributed by atoms with Gasteiger partial charge in [-0.15, -0.1) is 12.4 Å². The molecule has 124 valence electrons. The summed E-state index contributed by atoms with van der Waals surface area (Å²) in [5, 5.41) is 12.5. The van der Waals surface area contributed by atoms with Crippen LogP contribution in [-0.2, 0) is 4.79 Å². The average Bonchev–Trinajstić information content (AvgIpc) is 2.86. The lowest BCUT2D eigenvalue weighted by molar-refractivity contribution is -0.142. The van der Waals surface area contributed by atoms with E-state index >= 15 is 0 Å². The minimum absolute atomic E-state index is 0. The molecule has 8 heteroatoms. The molecule has 23 heavy (non-hydrogen) atoms. The molecule has 0 spiro atoms. The van der Waals surface area contributed by atoms with Crippen LogP contribution in [0.15, 0.2) is 18.2 Å². The number of carbonyl (C=O) groups is 2. The first-order chi connectivity index (χ1) is 10.5. The third kappa shape index (κ3) is 3.92. The van der Waals surface area contributed by atoms with Crippen molar-refractivity contribution in [3.63, 3.8) is 0 Å². The Morgan fingerprint density at radius 1 is 1.26 bits per heavy atom. The summed E-state index contributed by atoms with van der Waals surface area (Å²) in [7, 11) is 0. The van der Waals surface area contributed by atoms with Crippen LogP contribution >= 0.6 is 23.7 Å². The molecule has 1 fully saturated rings. The van der Waals surface area contributed by atoms with Crippen LogP contribution in [0.3, 0.4) is 0 Å². The van der Waals surface area contributed by atoms with E-state index in [-0.39, 0.29) is 30.3 Å². The van der Waals surface area contributed by atoms with Crippen molar-refractivity contribution in [1.29, 1.82) is 0 Å². The highest BCUT2D eigenvalue weighted by Gasteiger charge is 2.26. The predicted molar refractivity (Wildman–Crippen MR) is 92.1 cm³/mol. The van der Waals surface area contributed by atoms with Gasteiger partial charge in [0, 0.05) is 11.6 Å². The van der Waals surface area contributed by atoms with E-state index < -0.39 is 5.97 Å². The van der Waals surface area contributed by atoms with E-state index in [1.54, 1.807) is 18.2 Å². The highest BCUT2D eigenvalue weighted by atomic mass is 35.5. The third-order valence-electron chi connectivity index (χ3n) is 4.08. The Balaban J connectivity index is 0.00000192. The number of hydrogen-bond acceptors (Lipinski definition) is 5. The van der Waals surface area contributed by atoms with Crippen molar-refractivity contribution < 1.29 is 14.7 Å². The normalized spacial score (nSPS) is 20.7. The zero-order valence-corrected chi connectivity index (χ0v) is 14.0. The van der Waals surface area contributed by atoms with Gasteiger partial charge in [-0.2, -0.15) is 0 Å². The fourth-order valence-corrected chi connectivity index (χ4v) is 3.61. The fourth-order valence-electron chi connectivity index (χ4n) is 2.84. The minimum atomic E-state index is -0.738. The Morgan fingerprint density at radius 2 is 1.96 bits per heavy atom. The van der Waals surface area contributed by atoms with Gasteiger partial charge in [0.15, 0.2) is 5.13 Å². The van der Waals surface area contributed by atoms with Gasteiger partial charge in [-0.05, 0) is 43.9 Å². The van der Waals surface area contributed by atoms with E-state index in [1.807, 2.05) is 0 Å². The zero-order chi connectivity index (χ0) is 15.7. The Kier molecular flexibility index (Phi) is 5.43. The van der Waals surface area contributed by atoms with Gasteiger partial charge in [0.25, 0.3) is 5.91 Å². The molecule has 0 unspecified atom stereocenters. The van der Waals surface area contributed by atoms with Crippen LogP contribution in [0, 0.1) is 5.92 Å². The number of halogens is 1. The van der Waals surface area contributed by atoms with Crippen molar-refractivity contribution in [2.24, 2.45) is 5.92 Å². The lowest BCUT2D eigenvalue weighted by Gasteiger charge is -2.26. The number of anilines is 1. The topological polar surface area (TPSA) is 105 Å². The Bertz CT molecular complexity index is 726. The number of nitrogen functional groups attached to an aromatic ring is 1. The monoisotopic (exact) mass is 355 g/mol. The molecule has 2 aromatic rings. The van der Waals surface area contributed by atoms with Gasteiger partial charge >= 0.3 is 5.97 Å². The van der Waals surface area contributed by atoms with Gasteiger partial charge in [0.05, 0.1) is 16.1 Å². The number of rotatable bonds is 3. The van der Waals surface area contributed by atoms with Gasteiger partial charge in [0.2, 0.25) is 0 Å². The molecular formula is C15H18ClN3O3S. The van der Waals surface area contributed by atoms with Crippen molar-refractivity contribution in [3.8, 4) is 0 Å². The van der Waals surface area contributed by atoms with E-state index in [0.717, 1.165) is 10.2 Å². The SMILES string of the molecule is Cl.Nc1nc2ccc(C(=O)NC3CCC(C(=O)O)CC3)cc2s1. The van der Waals surface area contributed by atoms with Gasteiger partial charge in [-0.3, -0.25) is 9.59 Å². The molecule has 0 aliphatic heterocycles. The lowest BCUT2D eigenvalue weighted by atomic mass is 9.86. The van der Waals surface area contributed by atoms with Crippen LogP contribution in [0.4, 0.5) is 5.13 Å². The quantitative estimate of drug-likeness (QED) is 0.785. The van der Waals surface area contributed by atoms with E-state index in [2.05, 4.69) is 10.3 Å². The molecule has 6 nitrogen and oxygen atoms in total. The summed E-state index contributed by atoms with van der Waals surface area (Å²) in [5.74, 6) is -1.14. The van der Waals surface area contributed by atoms with Crippen molar-refractivity contribution in [2.45, 2.75) is 31.7 Å². The highest BCUT2D eigenvalue weighted by Crippen LogP contribution is 2.26. The molecule has 0 saturated heterocycles. The molecule has 4 N–H and O–H groups in total. The largest absolute Gasteiger partial charge is 0.481 e. The summed E-state index contributed by atoms with van der Waals surface area (Å²) in [4.78, 5) is 27.4. The maximum Gasteiger partial charge on any atom is 0.306 e. The second-order valence-electron chi connectivity index (χ2n) is 5.59. The van der Waals surface area contributed by atoms with Crippen LogP contribution < -0.4 is 11.1 Å². The van der Waals surface area contributed by atoms with E-state index in [9.17, 15) is 9.59 Å². The first-order valence-electron chi connectivity index (χ1n) is 7.22. The zero-order valence-electron chi connectivity index (χ0n) is 12.3. The molecule has 0 atom stereocenters. The summed E-state index contributed by atoms with van der Waals surface area (Å²) >= 11 is 1.35. The average molecular weight is 356 g/mol. The summed E-state index contributed by atoms with van der Waals surface area (Å²) in [6.45, 7) is 0. The van der Waals surface area contributed by atoms with Crippen LogP contribution in [0.2, 0.25) is 0 Å². The highest BCUT2D eigenvalue weighted by molar-refractivity contribution is 7.22. The van der Waals surface area contributed by atoms with E-state index in [0.29, 0.717) is 36.4 Å². The number of amides is 1. The number of nitrogens with two attached hydrogens (primary N) is 1. The summed E-state index contributed by atoms with van der Waals surface area (Å²) in [5.41, 5.74) is 7.04. The van der Waals surface area contributed by atoms with Gasteiger partial charge < -0.3 is 16.2 Å². The summed E-state index contributed by atoms with van der Waals surface area (Å²) in [6, 6.07) is 5.37. The molecule has 1 aromatic heterocycles. The Morgan fingerprint density at radius 3 is 2.61 bits per heavy atom. The second kappa shape index (κ2) is 7.14. The number of benzene rings is 1. The molecule has 1 aromatic carbocycles. The van der Waals surface area contributed by atoms with E-state index in [1.165, 1.54) is 11.3 Å². The number of carbonyl (C=O) groups excluding carboxylic acids is 1. The molecule has 1 aliphatic carbocycles. The van der Waals surface area contributed by atoms with E-state index in [4.69, 9.17) is 10.8 Å². The molecule has 1 heterocycles. The molecule has 0 radical (unpaired) electrons. The lowest BCUT2D eigenvalue weighted by Crippen LogP contribution is -2.38. The Hall–Kier alpha value is -1.86. The summed E-state index contributed by atoms with van der Waals surface area (Å²) < 4.78 is 0.889. The second-order valence-corrected chi connectivity index (χ2v) is 6.66. The number of aliphatic carboxylic acids is 1. The number of carboxylic acids is 1. The molecule has 0 bridgehead atoms. The van der Waals surface area contributed by atoms with Crippen molar-refractivity contribution in [1.82, 2.24) is 10.3 Å². The van der Waals surface area contributed by atoms with Crippen molar-refractivity contribution in [3.05, 3.63) is 23.8 Å². The molecular weight excluding hydrogens is 338 g/mol. The summed E-state index contributed by atoms with van der Waals surface area (Å²) in [6.07, 6.45) is 2.65. The van der Waals surface area contributed by atoms with Crippen LogP contribution in [-0.4, -0.2) is 28.0 Å². The number of nitrogens with one attached hydrogen (secondary N) is 1. The number of nitrogens with zero attached hydrogens (tertiary/aromatic N) is 1. The molecule has 3 rings (SSSR count). The van der Waals surface area contributed by atoms with Crippen molar-refractivity contribution >= 4 is 51.0 Å². The number of hydrogen-bond donors (Lipinski definition) is 3. The fraction of sp³-hybridized carbons (Fsp3) is 0.400. The van der Waals surface area contributed by atoms with Crippen LogP contribution in [0.25, 0.3) is 10.2 Å². The van der Waals surface area contributed by atoms with Crippen molar-refractivity contribution in [2.75, 3.05) is 5.73 Å². The molecule has 1 saturated carbocycles. The first-order valence-corrected chi connectivity index (χ1v) is 8.04. The molecule has 1 aliphatic rings.